The van der Waals surface area contributed by atoms with Gasteiger partial charge in [0.25, 0.3) is 0 Å². The Morgan fingerprint density at radius 2 is 1.86 bits per heavy atom. The van der Waals surface area contributed by atoms with Crippen LogP contribution in [0.15, 0.2) is 53.1 Å². The van der Waals surface area contributed by atoms with Crippen molar-refractivity contribution in [3.8, 4) is 0 Å². The minimum atomic E-state index is 0.116. The van der Waals surface area contributed by atoms with Crippen LogP contribution in [0.1, 0.15) is 19.4 Å². The monoisotopic (exact) mass is 359 g/mol. The summed E-state index contributed by atoms with van der Waals surface area (Å²) in [6.07, 6.45) is 1.86. The van der Waals surface area contributed by atoms with Gasteiger partial charge >= 0.3 is 0 Å². The molecule has 0 unspecified atom stereocenters. The molecule has 0 saturated carbocycles. The quantitative estimate of drug-likeness (QED) is 0.827. The Labute approximate surface area is 141 Å². The summed E-state index contributed by atoms with van der Waals surface area (Å²) < 4.78 is 1.07. The Balaban J connectivity index is 1.73. The Hall–Kier alpha value is -1.39. The zero-order chi connectivity index (χ0) is 15.6. The van der Waals surface area contributed by atoms with Crippen molar-refractivity contribution in [1.29, 1.82) is 0 Å². The molecule has 1 aliphatic heterocycles. The zero-order valence-corrected chi connectivity index (χ0v) is 14.8. The number of nitrogens with zero attached hydrogens (tertiary/aromatic N) is 3. The molecule has 0 amide bonds. The van der Waals surface area contributed by atoms with Gasteiger partial charge in [-0.1, -0.05) is 30.3 Å². The van der Waals surface area contributed by atoms with Gasteiger partial charge in [0.05, 0.1) is 4.47 Å². The minimum Gasteiger partial charge on any atom is -0.353 e. The lowest BCUT2D eigenvalue weighted by atomic mass is 9.97. The smallest absolute Gasteiger partial charge is 0.142 e. The molecule has 0 bridgehead atoms. The van der Waals surface area contributed by atoms with Crippen LogP contribution in [-0.2, 0) is 6.54 Å². The van der Waals surface area contributed by atoms with E-state index >= 15 is 0 Å². The van der Waals surface area contributed by atoms with Gasteiger partial charge in [-0.05, 0) is 47.5 Å². The molecule has 1 aliphatic rings. The molecule has 0 N–H and O–H groups in total. The van der Waals surface area contributed by atoms with Gasteiger partial charge in [0.15, 0.2) is 0 Å². The number of rotatable bonds is 3. The summed E-state index contributed by atoms with van der Waals surface area (Å²) in [7, 11) is 0. The van der Waals surface area contributed by atoms with Crippen molar-refractivity contribution >= 4 is 21.7 Å². The normalized spacial score (nSPS) is 18.4. The molecule has 116 valence electrons. The number of anilines is 1. The van der Waals surface area contributed by atoms with Gasteiger partial charge in [-0.2, -0.15) is 0 Å². The van der Waals surface area contributed by atoms with Crippen molar-refractivity contribution in [2.75, 3.05) is 24.5 Å². The van der Waals surface area contributed by atoms with Crippen molar-refractivity contribution in [2.45, 2.75) is 25.9 Å². The van der Waals surface area contributed by atoms with Crippen molar-refractivity contribution in [2.24, 2.45) is 0 Å². The van der Waals surface area contributed by atoms with Crippen LogP contribution in [0.2, 0.25) is 0 Å². The van der Waals surface area contributed by atoms with Crippen LogP contribution in [0.3, 0.4) is 0 Å². The second-order valence-corrected chi connectivity index (χ2v) is 7.30. The first kappa shape index (κ1) is 15.5. The molecule has 1 saturated heterocycles. The lowest BCUT2D eigenvalue weighted by Gasteiger charge is -2.47. The summed E-state index contributed by atoms with van der Waals surface area (Å²) in [6.45, 7) is 8.68. The molecule has 0 aliphatic carbocycles. The maximum absolute atomic E-state index is 4.54. The second kappa shape index (κ2) is 6.39. The zero-order valence-electron chi connectivity index (χ0n) is 13.2. The molecule has 2 aromatic rings. The summed E-state index contributed by atoms with van der Waals surface area (Å²) in [6, 6.07) is 14.7. The van der Waals surface area contributed by atoms with E-state index in [2.05, 4.69) is 81.0 Å². The fourth-order valence-electron chi connectivity index (χ4n) is 3.08. The first-order valence-corrected chi connectivity index (χ1v) is 8.50. The van der Waals surface area contributed by atoms with E-state index in [4.69, 9.17) is 0 Å². The minimum absolute atomic E-state index is 0.116. The number of piperazine rings is 1. The number of pyridine rings is 1. The Morgan fingerprint density at radius 1 is 1.09 bits per heavy atom. The van der Waals surface area contributed by atoms with Crippen LogP contribution in [0.4, 0.5) is 5.82 Å². The highest BCUT2D eigenvalue weighted by atomic mass is 79.9. The van der Waals surface area contributed by atoms with E-state index in [0.717, 1.165) is 36.5 Å². The number of aromatic nitrogens is 1. The third-order valence-corrected chi connectivity index (χ3v) is 4.95. The Kier molecular flexibility index (Phi) is 4.50. The first-order valence-electron chi connectivity index (χ1n) is 7.71. The molecular weight excluding hydrogens is 338 g/mol. The molecule has 4 heteroatoms. The highest BCUT2D eigenvalue weighted by molar-refractivity contribution is 9.10. The molecule has 2 heterocycles. The van der Waals surface area contributed by atoms with Crippen molar-refractivity contribution in [1.82, 2.24) is 9.88 Å². The van der Waals surface area contributed by atoms with Gasteiger partial charge in [0.1, 0.15) is 5.82 Å². The van der Waals surface area contributed by atoms with E-state index in [1.165, 1.54) is 5.56 Å². The standard InChI is InChI=1S/C18H22BrN3/c1-18(2)14-21(17-16(19)9-6-10-20-17)11-12-22(18)13-15-7-4-3-5-8-15/h3-10H,11-14H2,1-2H3. The van der Waals surface area contributed by atoms with Crippen molar-refractivity contribution in [3.63, 3.8) is 0 Å². The molecule has 0 atom stereocenters. The van der Waals surface area contributed by atoms with Gasteiger partial charge in [0.2, 0.25) is 0 Å². The van der Waals surface area contributed by atoms with Gasteiger partial charge in [0, 0.05) is 37.9 Å². The number of hydrogen-bond donors (Lipinski definition) is 0. The highest BCUT2D eigenvalue weighted by Gasteiger charge is 2.34. The summed E-state index contributed by atoms with van der Waals surface area (Å²) >= 11 is 3.62. The van der Waals surface area contributed by atoms with E-state index in [1.807, 2.05) is 12.3 Å². The predicted octanol–water partition coefficient (Wildman–Crippen LogP) is 3.94. The topological polar surface area (TPSA) is 19.4 Å². The van der Waals surface area contributed by atoms with E-state index in [1.54, 1.807) is 0 Å². The molecule has 0 radical (unpaired) electrons. The van der Waals surface area contributed by atoms with Crippen LogP contribution >= 0.6 is 15.9 Å². The summed E-state index contributed by atoms with van der Waals surface area (Å²) in [4.78, 5) is 9.48. The predicted molar refractivity (Wildman–Crippen MR) is 95.1 cm³/mol. The lowest BCUT2D eigenvalue weighted by Crippen LogP contribution is -2.59. The Morgan fingerprint density at radius 3 is 2.55 bits per heavy atom. The van der Waals surface area contributed by atoms with Crippen LogP contribution in [0, 0.1) is 0 Å². The summed E-state index contributed by atoms with van der Waals surface area (Å²) in [5.74, 6) is 1.05. The van der Waals surface area contributed by atoms with E-state index in [-0.39, 0.29) is 5.54 Å². The Bertz CT molecular complexity index is 627. The number of benzene rings is 1. The molecule has 1 aromatic heterocycles. The maximum Gasteiger partial charge on any atom is 0.142 e. The van der Waals surface area contributed by atoms with Crippen LogP contribution in [0.25, 0.3) is 0 Å². The lowest BCUT2D eigenvalue weighted by molar-refractivity contribution is 0.0959. The second-order valence-electron chi connectivity index (χ2n) is 6.45. The van der Waals surface area contributed by atoms with Crippen LogP contribution in [-0.4, -0.2) is 35.1 Å². The fraction of sp³-hybridized carbons (Fsp3) is 0.389. The highest BCUT2D eigenvalue weighted by Crippen LogP contribution is 2.29. The molecule has 3 rings (SSSR count). The van der Waals surface area contributed by atoms with Gasteiger partial charge in [-0.3, -0.25) is 4.90 Å². The molecular formula is C18H22BrN3. The average Bonchev–Trinajstić information content (AvgIpc) is 2.51. The van der Waals surface area contributed by atoms with Crippen molar-refractivity contribution < 1.29 is 0 Å². The van der Waals surface area contributed by atoms with Gasteiger partial charge in [-0.15, -0.1) is 0 Å². The maximum atomic E-state index is 4.54. The SMILES string of the molecule is CC1(C)CN(c2ncccc2Br)CCN1Cc1ccccc1. The molecule has 0 spiro atoms. The van der Waals surface area contributed by atoms with Gasteiger partial charge < -0.3 is 4.90 Å². The number of halogens is 1. The van der Waals surface area contributed by atoms with Crippen LogP contribution in [0.5, 0.6) is 0 Å². The molecule has 22 heavy (non-hydrogen) atoms. The molecule has 1 aromatic carbocycles. The molecule has 1 fully saturated rings. The van der Waals surface area contributed by atoms with Crippen molar-refractivity contribution in [3.05, 3.63) is 58.7 Å². The number of hydrogen-bond acceptors (Lipinski definition) is 3. The third-order valence-electron chi connectivity index (χ3n) is 4.33. The summed E-state index contributed by atoms with van der Waals surface area (Å²) in [5.41, 5.74) is 1.49. The third kappa shape index (κ3) is 3.33. The van der Waals surface area contributed by atoms with E-state index in [9.17, 15) is 0 Å². The van der Waals surface area contributed by atoms with Gasteiger partial charge in [-0.25, -0.2) is 4.98 Å². The molecule has 3 nitrogen and oxygen atoms in total. The average molecular weight is 360 g/mol. The largest absolute Gasteiger partial charge is 0.353 e. The fourth-order valence-corrected chi connectivity index (χ4v) is 3.58. The van der Waals surface area contributed by atoms with Crippen LogP contribution < -0.4 is 4.90 Å². The van der Waals surface area contributed by atoms with E-state index in [0.29, 0.717) is 0 Å². The first-order chi connectivity index (χ1) is 10.6. The van der Waals surface area contributed by atoms with E-state index < -0.39 is 0 Å². The summed E-state index contributed by atoms with van der Waals surface area (Å²) in [5, 5.41) is 0.